The fourth-order valence-electron chi connectivity index (χ4n) is 3.03. The molecule has 2 nitrogen and oxygen atoms in total. The lowest BCUT2D eigenvalue weighted by molar-refractivity contribution is 0.412. The van der Waals surface area contributed by atoms with Crippen LogP contribution in [0.5, 0.6) is 0 Å². The van der Waals surface area contributed by atoms with Gasteiger partial charge in [0.2, 0.25) is 0 Å². The van der Waals surface area contributed by atoms with Gasteiger partial charge in [-0.05, 0) is 30.7 Å². The van der Waals surface area contributed by atoms with Gasteiger partial charge in [0, 0.05) is 30.6 Å². The Kier molecular flexibility index (Phi) is 2.33. The first-order valence-electron chi connectivity index (χ1n) is 5.61. The van der Waals surface area contributed by atoms with Crippen LogP contribution in [-0.2, 0) is 0 Å². The molecule has 0 aliphatic carbocycles. The molecule has 3 rings (SSSR count). The number of hydrogen-bond acceptors (Lipinski definition) is 2. The summed E-state index contributed by atoms with van der Waals surface area (Å²) in [6.45, 7) is 1.93. The molecule has 86 valence electrons. The van der Waals surface area contributed by atoms with E-state index in [9.17, 15) is 4.39 Å². The van der Waals surface area contributed by atoms with E-state index in [0.29, 0.717) is 17.0 Å². The van der Waals surface area contributed by atoms with E-state index in [-0.39, 0.29) is 5.82 Å². The molecule has 0 amide bonds. The number of halogens is 2. The Morgan fingerprint density at radius 3 is 3.12 bits per heavy atom. The number of nitrogens with one attached hydrogen (secondary N) is 1. The largest absolute Gasteiger partial charge is 0.368 e. The lowest BCUT2D eigenvalue weighted by atomic mass is 9.90. The lowest BCUT2D eigenvalue weighted by Gasteiger charge is -2.31. The van der Waals surface area contributed by atoms with E-state index in [0.717, 1.165) is 30.8 Å². The average Bonchev–Trinajstić information content (AvgIpc) is 2.54. The molecule has 2 heterocycles. The van der Waals surface area contributed by atoms with Gasteiger partial charge in [0.05, 0.1) is 5.69 Å². The molecular formula is C12H14ClFN2. The molecule has 1 aromatic rings. The summed E-state index contributed by atoms with van der Waals surface area (Å²) < 4.78 is 13.9. The highest BCUT2D eigenvalue weighted by Gasteiger charge is 2.39. The smallest absolute Gasteiger partial charge is 0.148 e. The van der Waals surface area contributed by atoms with Crippen LogP contribution in [0.3, 0.4) is 0 Å². The summed E-state index contributed by atoms with van der Waals surface area (Å²) in [5.74, 6) is 0.182. The third-order valence-electron chi connectivity index (χ3n) is 3.75. The van der Waals surface area contributed by atoms with Gasteiger partial charge in [-0.1, -0.05) is 11.6 Å². The number of anilines is 1. The van der Waals surface area contributed by atoms with Crippen molar-refractivity contribution in [2.24, 2.45) is 0 Å². The minimum Gasteiger partial charge on any atom is -0.368 e. The van der Waals surface area contributed by atoms with Crippen molar-refractivity contribution < 1.29 is 4.39 Å². The van der Waals surface area contributed by atoms with Gasteiger partial charge >= 0.3 is 0 Å². The third-order valence-corrected chi connectivity index (χ3v) is 3.97. The van der Waals surface area contributed by atoms with Crippen molar-refractivity contribution in [2.75, 3.05) is 25.0 Å². The predicted octanol–water partition coefficient (Wildman–Crippen LogP) is 2.37. The molecule has 2 aliphatic rings. The minimum atomic E-state index is -0.195. The van der Waals surface area contributed by atoms with E-state index in [1.54, 1.807) is 0 Å². The highest BCUT2D eigenvalue weighted by atomic mass is 35.5. The van der Waals surface area contributed by atoms with Crippen LogP contribution in [0.1, 0.15) is 17.9 Å². The molecule has 0 aromatic heterocycles. The van der Waals surface area contributed by atoms with Crippen LogP contribution >= 0.6 is 11.6 Å². The Balaban J connectivity index is 2.13. The summed E-state index contributed by atoms with van der Waals surface area (Å²) in [7, 11) is 1.98. The summed E-state index contributed by atoms with van der Waals surface area (Å²) >= 11 is 5.93. The van der Waals surface area contributed by atoms with Crippen LogP contribution < -0.4 is 10.2 Å². The topological polar surface area (TPSA) is 15.3 Å². The standard InChI is InChI=1S/C12H14ClFN2/c1-16-11-2-3-15-6-9(11)8-4-7(13)5-10(14)12(8)16/h4-5,9,11,15H,2-3,6H2,1H3. The fourth-order valence-corrected chi connectivity index (χ4v) is 3.25. The van der Waals surface area contributed by atoms with Crippen LogP contribution in [0.25, 0.3) is 0 Å². The van der Waals surface area contributed by atoms with Crippen molar-refractivity contribution in [1.29, 1.82) is 0 Å². The number of nitrogens with zero attached hydrogens (tertiary/aromatic N) is 1. The van der Waals surface area contributed by atoms with Gasteiger partial charge in [0.15, 0.2) is 0 Å². The zero-order valence-corrected chi connectivity index (χ0v) is 9.89. The van der Waals surface area contributed by atoms with E-state index >= 15 is 0 Å². The maximum atomic E-state index is 13.9. The summed E-state index contributed by atoms with van der Waals surface area (Å²) in [6.07, 6.45) is 1.06. The molecule has 0 saturated carbocycles. The molecule has 0 bridgehead atoms. The minimum absolute atomic E-state index is 0.195. The van der Waals surface area contributed by atoms with Crippen LogP contribution in [0.15, 0.2) is 12.1 Å². The molecule has 1 aromatic carbocycles. The Morgan fingerprint density at radius 2 is 2.31 bits per heavy atom. The Hall–Kier alpha value is -0.800. The number of hydrogen-bond donors (Lipinski definition) is 1. The Bertz CT molecular complexity index is 435. The van der Waals surface area contributed by atoms with Gasteiger partial charge in [0.1, 0.15) is 5.82 Å². The van der Waals surface area contributed by atoms with Gasteiger partial charge in [-0.3, -0.25) is 0 Å². The quantitative estimate of drug-likeness (QED) is 0.749. The van der Waals surface area contributed by atoms with Crippen molar-refractivity contribution in [2.45, 2.75) is 18.4 Å². The first-order valence-corrected chi connectivity index (χ1v) is 5.99. The number of piperidine rings is 1. The fraction of sp³-hybridized carbons (Fsp3) is 0.500. The van der Waals surface area contributed by atoms with Crippen molar-refractivity contribution in [1.82, 2.24) is 5.32 Å². The van der Waals surface area contributed by atoms with Crippen molar-refractivity contribution in [3.8, 4) is 0 Å². The molecule has 1 N–H and O–H groups in total. The van der Waals surface area contributed by atoms with Crippen molar-refractivity contribution in [3.05, 3.63) is 28.5 Å². The molecule has 4 heteroatoms. The number of fused-ring (bicyclic) bond motifs is 3. The average molecular weight is 241 g/mol. The monoisotopic (exact) mass is 240 g/mol. The first-order chi connectivity index (χ1) is 7.68. The molecule has 16 heavy (non-hydrogen) atoms. The molecule has 2 aliphatic heterocycles. The van der Waals surface area contributed by atoms with Gasteiger partial charge in [-0.15, -0.1) is 0 Å². The second-order valence-corrected chi connectivity index (χ2v) is 5.04. The molecule has 1 saturated heterocycles. The predicted molar refractivity (Wildman–Crippen MR) is 63.8 cm³/mol. The van der Waals surface area contributed by atoms with Crippen LogP contribution in [-0.4, -0.2) is 26.2 Å². The Labute approximate surface area is 99.4 Å². The molecule has 0 radical (unpaired) electrons. The maximum absolute atomic E-state index is 13.9. The number of rotatable bonds is 0. The zero-order chi connectivity index (χ0) is 11.3. The normalized spacial score (nSPS) is 27.8. The second-order valence-electron chi connectivity index (χ2n) is 4.60. The zero-order valence-electron chi connectivity index (χ0n) is 9.13. The highest BCUT2D eigenvalue weighted by Crippen LogP contribution is 2.44. The molecular weight excluding hydrogens is 227 g/mol. The maximum Gasteiger partial charge on any atom is 0.148 e. The van der Waals surface area contributed by atoms with Crippen LogP contribution in [0.4, 0.5) is 10.1 Å². The Morgan fingerprint density at radius 1 is 1.50 bits per heavy atom. The van der Waals surface area contributed by atoms with E-state index < -0.39 is 0 Å². The molecule has 1 fully saturated rings. The van der Waals surface area contributed by atoms with Crippen LogP contribution in [0.2, 0.25) is 5.02 Å². The van der Waals surface area contributed by atoms with Gasteiger partial charge in [0.25, 0.3) is 0 Å². The SMILES string of the molecule is CN1c2c(F)cc(Cl)cc2C2CNCCC21. The lowest BCUT2D eigenvalue weighted by Crippen LogP contribution is -2.42. The molecule has 0 spiro atoms. The summed E-state index contributed by atoms with van der Waals surface area (Å²) in [4.78, 5) is 2.08. The van der Waals surface area contributed by atoms with Gasteiger partial charge in [-0.25, -0.2) is 4.39 Å². The number of likely N-dealkylation sites (N-methyl/N-ethyl adjacent to an activating group) is 1. The molecule has 2 unspecified atom stereocenters. The van der Waals surface area contributed by atoms with E-state index in [1.165, 1.54) is 6.07 Å². The van der Waals surface area contributed by atoms with Gasteiger partial charge < -0.3 is 10.2 Å². The van der Waals surface area contributed by atoms with Gasteiger partial charge in [-0.2, -0.15) is 0 Å². The van der Waals surface area contributed by atoms with Crippen molar-refractivity contribution in [3.63, 3.8) is 0 Å². The van der Waals surface area contributed by atoms with E-state index in [1.807, 2.05) is 13.1 Å². The summed E-state index contributed by atoms with van der Waals surface area (Å²) in [6, 6.07) is 3.74. The number of benzene rings is 1. The van der Waals surface area contributed by atoms with Crippen molar-refractivity contribution >= 4 is 17.3 Å². The third kappa shape index (κ3) is 1.35. The highest BCUT2D eigenvalue weighted by molar-refractivity contribution is 6.30. The van der Waals surface area contributed by atoms with Crippen LogP contribution in [0, 0.1) is 5.82 Å². The van der Waals surface area contributed by atoms with E-state index in [2.05, 4.69) is 10.2 Å². The summed E-state index contributed by atoms with van der Waals surface area (Å²) in [5, 5.41) is 3.86. The molecule has 2 atom stereocenters. The summed E-state index contributed by atoms with van der Waals surface area (Å²) in [5.41, 5.74) is 1.80. The van der Waals surface area contributed by atoms with E-state index in [4.69, 9.17) is 11.6 Å². The first kappa shape index (κ1) is 10.4. The second kappa shape index (κ2) is 3.60.